The monoisotopic (exact) mass is 286 g/mol. The van der Waals surface area contributed by atoms with Crippen LogP contribution >= 0.6 is 0 Å². The van der Waals surface area contributed by atoms with E-state index in [1.807, 2.05) is 32.2 Å². The van der Waals surface area contributed by atoms with Crippen molar-refractivity contribution in [2.24, 2.45) is 5.92 Å². The Morgan fingerprint density at radius 2 is 2.00 bits per heavy atom. The molecule has 0 spiro atoms. The van der Waals surface area contributed by atoms with Crippen LogP contribution in [0.2, 0.25) is 0 Å². The SMILES string of the molecule is Cc1nc(Oc2cccnc2C)ncc1CNCC(C)C. The highest BCUT2D eigenvalue weighted by Crippen LogP contribution is 2.20. The fourth-order valence-electron chi connectivity index (χ4n) is 1.86. The molecule has 21 heavy (non-hydrogen) atoms. The van der Waals surface area contributed by atoms with Gasteiger partial charge in [0, 0.05) is 30.2 Å². The quantitative estimate of drug-likeness (QED) is 0.884. The second-order valence-corrected chi connectivity index (χ2v) is 5.48. The van der Waals surface area contributed by atoms with Gasteiger partial charge in [0.15, 0.2) is 5.75 Å². The smallest absolute Gasteiger partial charge is 0.322 e. The predicted molar refractivity (Wildman–Crippen MR) is 82.4 cm³/mol. The highest BCUT2D eigenvalue weighted by atomic mass is 16.5. The van der Waals surface area contributed by atoms with Crippen LogP contribution in [0.5, 0.6) is 11.8 Å². The average molecular weight is 286 g/mol. The highest BCUT2D eigenvalue weighted by Gasteiger charge is 2.07. The third-order valence-electron chi connectivity index (χ3n) is 3.09. The van der Waals surface area contributed by atoms with Crippen molar-refractivity contribution in [2.75, 3.05) is 6.54 Å². The van der Waals surface area contributed by atoms with Crippen LogP contribution in [0.25, 0.3) is 0 Å². The van der Waals surface area contributed by atoms with Crippen molar-refractivity contribution in [2.45, 2.75) is 34.2 Å². The molecule has 0 aliphatic rings. The third-order valence-corrected chi connectivity index (χ3v) is 3.09. The zero-order valence-electron chi connectivity index (χ0n) is 13.1. The maximum absolute atomic E-state index is 5.68. The number of hydrogen-bond donors (Lipinski definition) is 1. The minimum Gasteiger partial charge on any atom is -0.422 e. The number of pyridine rings is 1. The number of nitrogens with one attached hydrogen (secondary N) is 1. The third kappa shape index (κ3) is 4.49. The fraction of sp³-hybridized carbons (Fsp3) is 0.438. The van der Waals surface area contributed by atoms with E-state index in [9.17, 15) is 0 Å². The zero-order chi connectivity index (χ0) is 15.2. The summed E-state index contributed by atoms with van der Waals surface area (Å²) in [6.07, 6.45) is 3.55. The standard InChI is InChI=1S/C16H22N4O/c1-11(2)8-17-9-14-10-19-16(20-12(14)3)21-15-6-5-7-18-13(15)4/h5-7,10-11,17H,8-9H2,1-4H3. The van der Waals surface area contributed by atoms with Crippen molar-refractivity contribution in [1.82, 2.24) is 20.3 Å². The van der Waals surface area contributed by atoms with Gasteiger partial charge in [-0.15, -0.1) is 0 Å². The summed E-state index contributed by atoms with van der Waals surface area (Å²) < 4.78 is 5.68. The molecule has 0 bridgehead atoms. The summed E-state index contributed by atoms with van der Waals surface area (Å²) in [5.74, 6) is 1.31. The number of ether oxygens (including phenoxy) is 1. The van der Waals surface area contributed by atoms with Crippen LogP contribution in [0.4, 0.5) is 0 Å². The number of rotatable bonds is 6. The summed E-state index contributed by atoms with van der Waals surface area (Å²) in [5.41, 5.74) is 2.84. The number of hydrogen-bond acceptors (Lipinski definition) is 5. The maximum Gasteiger partial charge on any atom is 0.322 e. The van der Waals surface area contributed by atoms with Gasteiger partial charge in [-0.05, 0) is 38.4 Å². The lowest BCUT2D eigenvalue weighted by Crippen LogP contribution is -2.20. The van der Waals surface area contributed by atoms with Gasteiger partial charge in [0.2, 0.25) is 0 Å². The van der Waals surface area contributed by atoms with E-state index in [2.05, 4.69) is 34.1 Å². The summed E-state index contributed by atoms with van der Waals surface area (Å²) in [6.45, 7) is 9.99. The maximum atomic E-state index is 5.68. The molecule has 0 saturated heterocycles. The molecule has 2 rings (SSSR count). The van der Waals surface area contributed by atoms with Gasteiger partial charge in [-0.25, -0.2) is 4.98 Å². The molecule has 0 aromatic carbocycles. The Bertz CT molecular complexity index is 599. The van der Waals surface area contributed by atoms with Crippen LogP contribution in [-0.2, 0) is 6.54 Å². The Balaban J connectivity index is 2.03. The number of aromatic nitrogens is 3. The van der Waals surface area contributed by atoms with Gasteiger partial charge in [0.05, 0.1) is 5.69 Å². The minimum atomic E-state index is 0.358. The van der Waals surface area contributed by atoms with Crippen molar-refractivity contribution < 1.29 is 4.74 Å². The summed E-state index contributed by atoms with van der Waals surface area (Å²) in [4.78, 5) is 12.9. The minimum absolute atomic E-state index is 0.358. The molecule has 2 aromatic rings. The van der Waals surface area contributed by atoms with Crippen LogP contribution < -0.4 is 10.1 Å². The molecule has 1 N–H and O–H groups in total. The molecule has 0 unspecified atom stereocenters. The van der Waals surface area contributed by atoms with E-state index in [0.717, 1.165) is 30.0 Å². The largest absolute Gasteiger partial charge is 0.422 e. The van der Waals surface area contributed by atoms with Crippen molar-refractivity contribution in [3.63, 3.8) is 0 Å². The first-order valence-electron chi connectivity index (χ1n) is 7.19. The molecule has 112 valence electrons. The van der Waals surface area contributed by atoms with E-state index in [1.54, 1.807) is 6.20 Å². The molecule has 2 heterocycles. The molecule has 5 heteroatoms. The molecule has 0 aliphatic heterocycles. The highest BCUT2D eigenvalue weighted by molar-refractivity contribution is 5.29. The van der Waals surface area contributed by atoms with Crippen LogP contribution in [0.3, 0.4) is 0 Å². The fourth-order valence-corrected chi connectivity index (χ4v) is 1.86. The van der Waals surface area contributed by atoms with Gasteiger partial charge < -0.3 is 10.1 Å². The van der Waals surface area contributed by atoms with Crippen LogP contribution in [0.15, 0.2) is 24.5 Å². The van der Waals surface area contributed by atoms with Crippen molar-refractivity contribution in [1.29, 1.82) is 0 Å². The van der Waals surface area contributed by atoms with Crippen molar-refractivity contribution >= 4 is 0 Å². The van der Waals surface area contributed by atoms with E-state index in [1.165, 1.54) is 0 Å². The molecular weight excluding hydrogens is 264 g/mol. The average Bonchev–Trinajstić information content (AvgIpc) is 2.43. The molecule has 0 aliphatic carbocycles. The lowest BCUT2D eigenvalue weighted by Gasteiger charge is -2.10. The van der Waals surface area contributed by atoms with Gasteiger partial charge in [-0.1, -0.05) is 13.8 Å². The van der Waals surface area contributed by atoms with Crippen molar-refractivity contribution in [3.8, 4) is 11.8 Å². The van der Waals surface area contributed by atoms with E-state index >= 15 is 0 Å². The van der Waals surface area contributed by atoms with E-state index in [4.69, 9.17) is 4.74 Å². The molecule has 0 fully saturated rings. The van der Waals surface area contributed by atoms with Gasteiger partial charge in [0.1, 0.15) is 0 Å². The lowest BCUT2D eigenvalue weighted by atomic mass is 10.2. The summed E-state index contributed by atoms with van der Waals surface area (Å²) in [7, 11) is 0. The predicted octanol–water partition coefficient (Wildman–Crippen LogP) is 3.03. The summed E-state index contributed by atoms with van der Waals surface area (Å²) in [6, 6.07) is 4.05. The first-order valence-corrected chi connectivity index (χ1v) is 7.19. The van der Waals surface area contributed by atoms with E-state index in [0.29, 0.717) is 17.7 Å². The Morgan fingerprint density at radius 3 is 2.67 bits per heavy atom. The first-order chi connectivity index (χ1) is 10.1. The van der Waals surface area contributed by atoms with Gasteiger partial charge in [-0.2, -0.15) is 4.98 Å². The summed E-state index contributed by atoms with van der Waals surface area (Å²) in [5, 5.41) is 3.39. The summed E-state index contributed by atoms with van der Waals surface area (Å²) >= 11 is 0. The van der Waals surface area contributed by atoms with Gasteiger partial charge in [-0.3, -0.25) is 4.98 Å². The van der Waals surface area contributed by atoms with Crippen LogP contribution in [-0.4, -0.2) is 21.5 Å². The molecule has 2 aromatic heterocycles. The Labute approximate surface area is 125 Å². The van der Waals surface area contributed by atoms with E-state index in [-0.39, 0.29) is 0 Å². The Morgan fingerprint density at radius 1 is 1.19 bits per heavy atom. The number of nitrogens with zero attached hydrogens (tertiary/aromatic N) is 3. The van der Waals surface area contributed by atoms with Gasteiger partial charge in [0.25, 0.3) is 0 Å². The Hall–Kier alpha value is -2.01. The zero-order valence-corrected chi connectivity index (χ0v) is 13.1. The molecule has 5 nitrogen and oxygen atoms in total. The second-order valence-electron chi connectivity index (χ2n) is 5.48. The second kappa shape index (κ2) is 7.13. The topological polar surface area (TPSA) is 59.9 Å². The molecule has 0 saturated carbocycles. The molecule has 0 amide bonds. The lowest BCUT2D eigenvalue weighted by molar-refractivity contribution is 0.433. The molecule has 0 atom stereocenters. The normalized spacial score (nSPS) is 10.9. The van der Waals surface area contributed by atoms with Crippen molar-refractivity contribution in [3.05, 3.63) is 41.5 Å². The number of aryl methyl sites for hydroxylation is 2. The van der Waals surface area contributed by atoms with Gasteiger partial charge >= 0.3 is 6.01 Å². The van der Waals surface area contributed by atoms with Crippen LogP contribution in [0, 0.1) is 19.8 Å². The molecule has 0 radical (unpaired) electrons. The molecular formula is C16H22N4O. The first kappa shape index (κ1) is 15.4. The van der Waals surface area contributed by atoms with Crippen LogP contribution in [0.1, 0.15) is 30.8 Å². The van der Waals surface area contributed by atoms with E-state index < -0.39 is 0 Å². The Kier molecular flexibility index (Phi) is 5.22.